The molecule has 0 bridgehead atoms. The smallest absolute Gasteiger partial charge is 0.164 e. The highest BCUT2D eigenvalue weighted by atomic mass is 16.3. The predicted octanol–water partition coefficient (Wildman–Crippen LogP) is 12.8. The van der Waals surface area contributed by atoms with Gasteiger partial charge < -0.3 is 4.42 Å². The van der Waals surface area contributed by atoms with Crippen LogP contribution in [-0.4, -0.2) is 15.0 Å². The molecule has 1 spiro atoms. The van der Waals surface area contributed by atoms with E-state index in [-0.39, 0.29) is 0 Å². The van der Waals surface area contributed by atoms with Crippen LogP contribution >= 0.6 is 0 Å². The number of para-hydroxylation sites is 1. The Morgan fingerprint density at radius 2 is 0.804 bits per heavy atom. The highest BCUT2D eigenvalue weighted by Crippen LogP contribution is 2.64. The van der Waals surface area contributed by atoms with Gasteiger partial charge in [0.05, 0.1) is 5.41 Å². The van der Waals surface area contributed by atoms with Crippen molar-refractivity contribution in [3.63, 3.8) is 0 Å². The van der Waals surface area contributed by atoms with Gasteiger partial charge in [0, 0.05) is 27.5 Å². The minimum Gasteiger partial charge on any atom is -0.456 e. The van der Waals surface area contributed by atoms with Crippen LogP contribution in [0, 0.1) is 0 Å². The maximum Gasteiger partial charge on any atom is 0.164 e. The van der Waals surface area contributed by atoms with Crippen LogP contribution in [0.15, 0.2) is 192 Å². The molecule has 4 nitrogen and oxygen atoms in total. The van der Waals surface area contributed by atoms with Gasteiger partial charge in [0.2, 0.25) is 0 Å². The minimum atomic E-state index is -0.495. The molecule has 2 aliphatic rings. The third-order valence-electron chi connectivity index (χ3n) is 11.8. The van der Waals surface area contributed by atoms with Crippen molar-refractivity contribution in [2.75, 3.05) is 0 Å². The second-order valence-corrected chi connectivity index (χ2v) is 14.6. The molecular weight excluding hydrogens is 683 g/mol. The maximum atomic E-state index is 6.18. The lowest BCUT2D eigenvalue weighted by atomic mass is 9.68. The lowest BCUT2D eigenvalue weighted by Gasteiger charge is -2.32. The number of nitrogens with zero attached hydrogens (tertiary/aromatic N) is 3. The Morgan fingerprint density at radius 3 is 1.50 bits per heavy atom. The molecule has 12 rings (SSSR count). The SMILES string of the molecule is c1ccc(-c2nc(-c3ccc4oc5ccccc5c4c3)nc(-c3ccccc3-c3cccc4c3C3(c5ccccc5-c5ccccc53)c3ccccc3-4)n2)cc1. The van der Waals surface area contributed by atoms with E-state index in [0.29, 0.717) is 17.5 Å². The summed E-state index contributed by atoms with van der Waals surface area (Å²) in [6.07, 6.45) is 0. The summed E-state index contributed by atoms with van der Waals surface area (Å²) in [7, 11) is 0. The van der Waals surface area contributed by atoms with Gasteiger partial charge >= 0.3 is 0 Å². The molecule has 0 atom stereocenters. The van der Waals surface area contributed by atoms with Crippen molar-refractivity contribution in [2.24, 2.45) is 0 Å². The zero-order valence-corrected chi connectivity index (χ0v) is 30.1. The first-order valence-electron chi connectivity index (χ1n) is 19.0. The van der Waals surface area contributed by atoms with Crippen molar-refractivity contribution in [3.05, 3.63) is 210 Å². The van der Waals surface area contributed by atoms with Gasteiger partial charge in [0.25, 0.3) is 0 Å². The Labute approximate surface area is 323 Å². The molecule has 4 heteroatoms. The van der Waals surface area contributed by atoms with Crippen molar-refractivity contribution < 1.29 is 4.42 Å². The highest BCUT2D eigenvalue weighted by Gasteiger charge is 2.52. The number of hydrogen-bond donors (Lipinski definition) is 0. The van der Waals surface area contributed by atoms with Crippen LogP contribution in [0.4, 0.5) is 0 Å². The lowest BCUT2D eigenvalue weighted by molar-refractivity contribution is 0.669. The molecule has 8 aromatic carbocycles. The zero-order valence-electron chi connectivity index (χ0n) is 30.1. The van der Waals surface area contributed by atoms with E-state index in [2.05, 4.69) is 140 Å². The molecule has 56 heavy (non-hydrogen) atoms. The summed E-state index contributed by atoms with van der Waals surface area (Å²) in [5, 5.41) is 2.10. The van der Waals surface area contributed by atoms with Gasteiger partial charge in [-0.25, -0.2) is 15.0 Å². The number of rotatable bonds is 4. The maximum absolute atomic E-state index is 6.18. The van der Waals surface area contributed by atoms with Gasteiger partial charge in [0.1, 0.15) is 11.2 Å². The molecule has 0 saturated heterocycles. The Morgan fingerprint density at radius 1 is 0.321 bits per heavy atom. The van der Waals surface area contributed by atoms with Gasteiger partial charge in [-0.1, -0.05) is 164 Å². The summed E-state index contributed by atoms with van der Waals surface area (Å²) in [4.78, 5) is 15.7. The molecule has 0 amide bonds. The molecule has 10 aromatic rings. The molecule has 0 fully saturated rings. The topological polar surface area (TPSA) is 51.8 Å². The Kier molecular flexibility index (Phi) is 6.52. The number of hydrogen-bond acceptors (Lipinski definition) is 4. The average Bonchev–Trinajstić information content (AvgIpc) is 3.90. The van der Waals surface area contributed by atoms with E-state index in [1.54, 1.807) is 0 Å². The lowest BCUT2D eigenvalue weighted by Crippen LogP contribution is -2.26. The largest absolute Gasteiger partial charge is 0.456 e. The Hall–Kier alpha value is -7.43. The highest BCUT2D eigenvalue weighted by molar-refractivity contribution is 6.06. The second kappa shape index (κ2) is 11.8. The molecular formula is C52H31N3O. The number of fused-ring (bicyclic) bond motifs is 13. The Bertz CT molecular complexity index is 3150. The third kappa shape index (κ3) is 4.27. The van der Waals surface area contributed by atoms with Crippen molar-refractivity contribution in [1.82, 2.24) is 15.0 Å². The Balaban J connectivity index is 1.12. The molecule has 0 saturated carbocycles. The van der Waals surface area contributed by atoms with Crippen LogP contribution < -0.4 is 0 Å². The van der Waals surface area contributed by atoms with Crippen LogP contribution in [0.3, 0.4) is 0 Å². The second-order valence-electron chi connectivity index (χ2n) is 14.6. The fraction of sp³-hybridized carbons (Fsp3) is 0.0192. The van der Waals surface area contributed by atoms with Gasteiger partial charge in [-0.05, 0) is 79.9 Å². The van der Waals surface area contributed by atoms with Crippen molar-refractivity contribution in [3.8, 4) is 67.5 Å². The first kappa shape index (κ1) is 31.0. The summed E-state index contributed by atoms with van der Waals surface area (Å²) in [5.41, 5.74) is 16.5. The minimum absolute atomic E-state index is 0.495. The van der Waals surface area contributed by atoms with E-state index in [1.165, 1.54) is 44.5 Å². The summed E-state index contributed by atoms with van der Waals surface area (Å²) in [6.45, 7) is 0. The van der Waals surface area contributed by atoms with Crippen LogP contribution in [0.5, 0.6) is 0 Å². The number of furan rings is 1. The third-order valence-corrected chi connectivity index (χ3v) is 11.8. The molecule has 2 aliphatic carbocycles. The molecule has 0 aliphatic heterocycles. The van der Waals surface area contributed by atoms with E-state index >= 15 is 0 Å². The fourth-order valence-corrected chi connectivity index (χ4v) is 9.50. The standard InChI is InChI=1S/C52H31N3O/c1-2-15-32(16-3-1)49-53-50(33-29-30-47-42(31-33)38-21-9-13-28-46(38)56-47)55-51(54-49)41-22-5-4-17-34(41)39-23-14-24-40-37-20-8-12-27-45(37)52(48(39)40)43-25-10-6-18-35(43)36-19-7-11-26-44(36)52/h1-31H. The summed E-state index contributed by atoms with van der Waals surface area (Å²) in [6, 6.07) is 66.8. The number of aromatic nitrogens is 3. The van der Waals surface area contributed by atoms with Crippen molar-refractivity contribution in [1.29, 1.82) is 0 Å². The molecule has 2 heterocycles. The summed E-state index contributed by atoms with van der Waals surface area (Å²) >= 11 is 0. The number of benzene rings is 8. The molecule has 260 valence electrons. The van der Waals surface area contributed by atoms with Crippen LogP contribution in [-0.2, 0) is 5.41 Å². The predicted molar refractivity (Wildman–Crippen MR) is 225 cm³/mol. The van der Waals surface area contributed by atoms with Gasteiger partial charge in [-0.3, -0.25) is 0 Å². The summed E-state index contributed by atoms with van der Waals surface area (Å²) in [5.74, 6) is 1.85. The van der Waals surface area contributed by atoms with Crippen LogP contribution in [0.2, 0.25) is 0 Å². The quantitative estimate of drug-likeness (QED) is 0.182. The molecule has 0 radical (unpaired) electrons. The fourth-order valence-electron chi connectivity index (χ4n) is 9.50. The average molecular weight is 714 g/mol. The normalized spacial score (nSPS) is 13.1. The molecule has 2 aromatic heterocycles. The van der Waals surface area contributed by atoms with E-state index in [9.17, 15) is 0 Å². The van der Waals surface area contributed by atoms with Crippen LogP contribution in [0.1, 0.15) is 22.3 Å². The van der Waals surface area contributed by atoms with E-state index in [4.69, 9.17) is 19.4 Å². The molecule has 0 unspecified atom stereocenters. The first-order chi connectivity index (χ1) is 27.8. The van der Waals surface area contributed by atoms with Gasteiger partial charge in [-0.2, -0.15) is 0 Å². The van der Waals surface area contributed by atoms with Gasteiger partial charge in [-0.15, -0.1) is 0 Å². The van der Waals surface area contributed by atoms with E-state index in [1.807, 2.05) is 48.5 Å². The monoisotopic (exact) mass is 713 g/mol. The van der Waals surface area contributed by atoms with Crippen molar-refractivity contribution in [2.45, 2.75) is 5.41 Å². The summed E-state index contributed by atoms with van der Waals surface area (Å²) < 4.78 is 6.18. The van der Waals surface area contributed by atoms with Gasteiger partial charge in [0.15, 0.2) is 17.5 Å². The van der Waals surface area contributed by atoms with Crippen molar-refractivity contribution >= 4 is 21.9 Å². The molecule has 0 N–H and O–H groups in total. The first-order valence-corrected chi connectivity index (χ1v) is 19.0. The van der Waals surface area contributed by atoms with Crippen LogP contribution in [0.25, 0.3) is 89.5 Å². The zero-order chi connectivity index (χ0) is 36.8. The van der Waals surface area contributed by atoms with E-state index < -0.39 is 5.41 Å². The van der Waals surface area contributed by atoms with E-state index in [0.717, 1.165) is 49.8 Å².